The summed E-state index contributed by atoms with van der Waals surface area (Å²) in [4.78, 5) is 36.0. The van der Waals surface area contributed by atoms with Crippen LogP contribution < -0.4 is 20.1 Å². The highest BCUT2D eigenvalue weighted by molar-refractivity contribution is 6.24. The Morgan fingerprint density at radius 3 is 2.67 bits per heavy atom. The highest BCUT2D eigenvalue weighted by atomic mass is 16.6. The smallest absolute Gasteiger partial charge is 0.269 e. The molecule has 0 bridgehead atoms. The first-order valence-electron chi connectivity index (χ1n) is 7.31. The van der Waals surface area contributed by atoms with E-state index >= 15 is 0 Å². The number of fused-ring (bicyclic) bond motifs is 2. The molecule has 2 aliphatic rings. The van der Waals surface area contributed by atoms with Crippen molar-refractivity contribution in [1.82, 2.24) is 5.32 Å². The van der Waals surface area contributed by atoms with E-state index in [1.165, 1.54) is 6.07 Å². The number of imide groups is 1. The Morgan fingerprint density at radius 1 is 1.04 bits per heavy atom. The number of carbonyl (C=O) groups is 3. The summed E-state index contributed by atoms with van der Waals surface area (Å²) in [6.45, 7) is 0.0585. The minimum absolute atomic E-state index is 0.0585. The van der Waals surface area contributed by atoms with E-state index in [2.05, 4.69) is 10.6 Å². The molecule has 2 heterocycles. The van der Waals surface area contributed by atoms with Gasteiger partial charge in [-0.1, -0.05) is 18.2 Å². The van der Waals surface area contributed by atoms with Crippen molar-refractivity contribution in [1.29, 1.82) is 0 Å². The summed E-state index contributed by atoms with van der Waals surface area (Å²) < 4.78 is 11.1. The maximum atomic E-state index is 12.4. The minimum Gasteiger partial charge on any atom is -0.485 e. The summed E-state index contributed by atoms with van der Waals surface area (Å²) in [5, 5.41) is 4.84. The third-order valence-corrected chi connectivity index (χ3v) is 3.82. The highest BCUT2D eigenvalue weighted by Crippen LogP contribution is 2.31. The molecule has 0 aliphatic carbocycles. The van der Waals surface area contributed by atoms with Crippen LogP contribution in [0, 0.1) is 0 Å². The van der Waals surface area contributed by atoms with E-state index in [1.807, 2.05) is 6.07 Å². The predicted octanol–water partition coefficient (Wildman–Crippen LogP) is 1.35. The van der Waals surface area contributed by atoms with Crippen LogP contribution in [0.4, 0.5) is 5.69 Å². The molecular formula is C17H12N2O5. The summed E-state index contributed by atoms with van der Waals surface area (Å²) in [5.74, 6) is -0.401. The summed E-state index contributed by atoms with van der Waals surface area (Å²) >= 11 is 0. The van der Waals surface area contributed by atoms with Crippen molar-refractivity contribution in [3.8, 4) is 11.5 Å². The van der Waals surface area contributed by atoms with Crippen LogP contribution in [0.3, 0.4) is 0 Å². The van der Waals surface area contributed by atoms with Gasteiger partial charge in [-0.2, -0.15) is 0 Å². The van der Waals surface area contributed by atoms with Crippen molar-refractivity contribution in [3.63, 3.8) is 0 Å². The van der Waals surface area contributed by atoms with Gasteiger partial charge in [0.2, 0.25) is 6.10 Å². The van der Waals surface area contributed by atoms with Crippen molar-refractivity contribution >= 4 is 23.4 Å². The van der Waals surface area contributed by atoms with E-state index in [1.54, 1.807) is 30.3 Å². The maximum absolute atomic E-state index is 12.4. The second-order valence-electron chi connectivity index (χ2n) is 5.36. The number of hydrogen-bond acceptors (Lipinski definition) is 5. The van der Waals surface area contributed by atoms with Crippen LogP contribution in [-0.2, 0) is 4.79 Å². The van der Waals surface area contributed by atoms with Crippen LogP contribution in [0.25, 0.3) is 0 Å². The lowest BCUT2D eigenvalue weighted by molar-refractivity contribution is -0.125. The molecule has 1 atom stereocenters. The van der Waals surface area contributed by atoms with Crippen LogP contribution in [0.2, 0.25) is 0 Å². The molecule has 7 heteroatoms. The summed E-state index contributed by atoms with van der Waals surface area (Å²) in [6.07, 6.45) is -0.851. The Kier molecular flexibility index (Phi) is 3.19. The first-order chi connectivity index (χ1) is 11.6. The number of amides is 3. The number of rotatable bonds is 2. The van der Waals surface area contributed by atoms with Gasteiger partial charge < -0.3 is 14.8 Å². The number of nitrogens with one attached hydrogen (secondary N) is 2. The number of hydrogen-bond donors (Lipinski definition) is 2. The molecule has 2 aliphatic heterocycles. The minimum atomic E-state index is -0.851. The van der Waals surface area contributed by atoms with Gasteiger partial charge in [0.1, 0.15) is 6.61 Å². The fourth-order valence-electron chi connectivity index (χ4n) is 2.69. The molecule has 0 fully saturated rings. The van der Waals surface area contributed by atoms with Gasteiger partial charge >= 0.3 is 0 Å². The van der Waals surface area contributed by atoms with E-state index in [-0.39, 0.29) is 23.4 Å². The lowest BCUT2D eigenvalue weighted by atomic mass is 10.1. The molecule has 0 saturated carbocycles. The molecule has 0 spiro atoms. The van der Waals surface area contributed by atoms with Crippen LogP contribution in [-0.4, -0.2) is 30.4 Å². The highest BCUT2D eigenvalue weighted by Gasteiger charge is 2.32. The number of anilines is 1. The van der Waals surface area contributed by atoms with Gasteiger partial charge in [0.05, 0.1) is 16.8 Å². The molecule has 2 aromatic rings. The zero-order chi connectivity index (χ0) is 16.7. The SMILES string of the molecule is O=C1NC(=O)c2c(NC(=O)C3COc4ccccc4O3)cccc21. The summed E-state index contributed by atoms with van der Waals surface area (Å²) in [6, 6.07) is 11.7. The summed E-state index contributed by atoms with van der Waals surface area (Å²) in [7, 11) is 0. The van der Waals surface area contributed by atoms with E-state index in [9.17, 15) is 14.4 Å². The van der Waals surface area contributed by atoms with Gasteiger partial charge in [-0.3, -0.25) is 19.7 Å². The topological polar surface area (TPSA) is 93.7 Å². The van der Waals surface area contributed by atoms with Crippen molar-refractivity contribution < 1.29 is 23.9 Å². The molecule has 3 amide bonds. The Hall–Kier alpha value is -3.35. The van der Waals surface area contributed by atoms with E-state index in [0.717, 1.165) is 0 Å². The lowest BCUT2D eigenvalue weighted by Gasteiger charge is -2.25. The van der Waals surface area contributed by atoms with Gasteiger partial charge in [0, 0.05) is 0 Å². The average molecular weight is 324 g/mol. The molecule has 24 heavy (non-hydrogen) atoms. The first-order valence-corrected chi connectivity index (χ1v) is 7.31. The van der Waals surface area contributed by atoms with E-state index in [4.69, 9.17) is 9.47 Å². The van der Waals surface area contributed by atoms with Crippen LogP contribution >= 0.6 is 0 Å². The third-order valence-electron chi connectivity index (χ3n) is 3.82. The largest absolute Gasteiger partial charge is 0.485 e. The van der Waals surface area contributed by atoms with Gasteiger partial charge in [-0.15, -0.1) is 0 Å². The van der Waals surface area contributed by atoms with Crippen molar-refractivity contribution in [2.45, 2.75) is 6.10 Å². The fraction of sp³-hybridized carbons (Fsp3) is 0.118. The Balaban J connectivity index is 1.56. The molecule has 1 unspecified atom stereocenters. The van der Waals surface area contributed by atoms with Crippen LogP contribution in [0.5, 0.6) is 11.5 Å². The zero-order valence-corrected chi connectivity index (χ0v) is 12.4. The summed E-state index contributed by atoms with van der Waals surface area (Å²) in [5.41, 5.74) is 0.667. The van der Waals surface area contributed by atoms with Gasteiger partial charge in [0.25, 0.3) is 17.7 Å². The molecular weight excluding hydrogens is 312 g/mol. The first kappa shape index (κ1) is 14.3. The number of ether oxygens (including phenoxy) is 2. The normalized spacial score (nSPS) is 17.9. The number of carbonyl (C=O) groups excluding carboxylic acids is 3. The molecule has 0 saturated heterocycles. The third kappa shape index (κ3) is 2.26. The number of para-hydroxylation sites is 2. The molecule has 4 rings (SSSR count). The second-order valence-corrected chi connectivity index (χ2v) is 5.36. The molecule has 0 aromatic heterocycles. The van der Waals surface area contributed by atoms with E-state index in [0.29, 0.717) is 11.5 Å². The van der Waals surface area contributed by atoms with Crippen molar-refractivity contribution in [2.75, 3.05) is 11.9 Å². The van der Waals surface area contributed by atoms with Crippen LogP contribution in [0.15, 0.2) is 42.5 Å². The lowest BCUT2D eigenvalue weighted by Crippen LogP contribution is -2.40. The number of benzene rings is 2. The second kappa shape index (κ2) is 5.38. The molecule has 0 radical (unpaired) electrons. The Morgan fingerprint density at radius 2 is 1.83 bits per heavy atom. The molecule has 2 aromatic carbocycles. The van der Waals surface area contributed by atoms with Crippen LogP contribution in [0.1, 0.15) is 20.7 Å². The maximum Gasteiger partial charge on any atom is 0.269 e. The van der Waals surface area contributed by atoms with Gasteiger partial charge in [-0.05, 0) is 24.3 Å². The fourth-order valence-corrected chi connectivity index (χ4v) is 2.69. The molecule has 120 valence electrons. The monoisotopic (exact) mass is 324 g/mol. The van der Waals surface area contributed by atoms with E-state index < -0.39 is 23.8 Å². The van der Waals surface area contributed by atoms with Crippen molar-refractivity contribution in [2.24, 2.45) is 0 Å². The predicted molar refractivity (Wildman–Crippen MR) is 83.2 cm³/mol. The zero-order valence-electron chi connectivity index (χ0n) is 12.4. The Labute approximate surface area is 136 Å². The van der Waals surface area contributed by atoms with Gasteiger partial charge in [-0.25, -0.2) is 0 Å². The van der Waals surface area contributed by atoms with Crippen molar-refractivity contribution in [3.05, 3.63) is 53.6 Å². The average Bonchev–Trinajstić information content (AvgIpc) is 2.89. The molecule has 2 N–H and O–H groups in total. The Bertz CT molecular complexity index is 877. The quantitative estimate of drug-likeness (QED) is 0.813. The molecule has 7 nitrogen and oxygen atoms in total. The van der Waals surface area contributed by atoms with Gasteiger partial charge in [0.15, 0.2) is 11.5 Å². The standard InChI is InChI=1S/C17H12N2O5/c20-15-9-4-3-5-10(14(9)17(22)19-15)18-16(21)13-8-23-11-6-1-2-7-12(11)24-13/h1-7,13H,8H2,(H,18,21)(H,19,20,22).